The summed E-state index contributed by atoms with van der Waals surface area (Å²) in [5.74, 6) is 0. The third-order valence-electron chi connectivity index (χ3n) is 2.31. The monoisotopic (exact) mass is 249 g/mol. The Morgan fingerprint density at radius 3 is 3.00 bits per heavy atom. The fourth-order valence-corrected chi connectivity index (χ4v) is 2.81. The quantitative estimate of drug-likeness (QED) is 0.823. The van der Waals surface area contributed by atoms with Gasteiger partial charge in [-0.25, -0.2) is 0 Å². The summed E-state index contributed by atoms with van der Waals surface area (Å²) in [6.45, 7) is 4.72. The van der Waals surface area contributed by atoms with Crippen LogP contribution in [0.4, 0.5) is 0 Å². The van der Waals surface area contributed by atoms with Crippen molar-refractivity contribution in [1.82, 2.24) is 5.32 Å². The van der Waals surface area contributed by atoms with Gasteiger partial charge in [0.1, 0.15) is 0 Å². The van der Waals surface area contributed by atoms with Gasteiger partial charge >= 0.3 is 0 Å². The third kappa shape index (κ3) is 3.11. The van der Waals surface area contributed by atoms with E-state index in [4.69, 9.17) is 0 Å². The van der Waals surface area contributed by atoms with Gasteiger partial charge in [-0.1, -0.05) is 28.9 Å². The molecule has 1 aliphatic rings. The number of hydrogen-bond acceptors (Lipinski definition) is 2. The summed E-state index contributed by atoms with van der Waals surface area (Å²) in [5, 5.41) is 4.33. The van der Waals surface area contributed by atoms with Crippen molar-refractivity contribution in [1.29, 1.82) is 0 Å². The van der Waals surface area contributed by atoms with Crippen LogP contribution in [0.3, 0.4) is 0 Å². The molecule has 3 heteroatoms. The standard InChI is InChI=1S/C9H16BrNS/c1-7(10)6-11-8-4-3-5-9(8)12-2/h8-9,11H,1,3-6H2,2H3. The summed E-state index contributed by atoms with van der Waals surface area (Å²) in [6, 6.07) is 0.703. The van der Waals surface area contributed by atoms with E-state index >= 15 is 0 Å². The molecule has 0 amide bonds. The highest BCUT2D eigenvalue weighted by Crippen LogP contribution is 2.28. The molecule has 2 atom stereocenters. The lowest BCUT2D eigenvalue weighted by molar-refractivity contribution is 0.564. The smallest absolute Gasteiger partial charge is 0.0268 e. The molecular formula is C9H16BrNS. The number of nitrogens with one attached hydrogen (secondary N) is 1. The van der Waals surface area contributed by atoms with E-state index in [1.165, 1.54) is 19.3 Å². The van der Waals surface area contributed by atoms with E-state index in [-0.39, 0.29) is 0 Å². The zero-order valence-corrected chi connectivity index (χ0v) is 9.88. The zero-order valence-electron chi connectivity index (χ0n) is 7.48. The molecule has 1 fully saturated rings. The fraction of sp³-hybridized carbons (Fsp3) is 0.778. The zero-order chi connectivity index (χ0) is 8.97. The summed E-state index contributed by atoms with van der Waals surface area (Å²) < 4.78 is 1.05. The van der Waals surface area contributed by atoms with Crippen LogP contribution < -0.4 is 5.32 Å². The molecule has 1 N–H and O–H groups in total. The van der Waals surface area contributed by atoms with Gasteiger partial charge in [-0.3, -0.25) is 0 Å². The molecular weight excluding hydrogens is 234 g/mol. The second-order valence-electron chi connectivity index (χ2n) is 3.21. The Morgan fingerprint density at radius 2 is 2.42 bits per heavy atom. The largest absolute Gasteiger partial charge is 0.308 e. The minimum Gasteiger partial charge on any atom is -0.308 e. The van der Waals surface area contributed by atoms with Gasteiger partial charge < -0.3 is 5.32 Å². The maximum Gasteiger partial charge on any atom is 0.0268 e. The molecule has 0 aromatic rings. The van der Waals surface area contributed by atoms with Crippen molar-refractivity contribution in [3.05, 3.63) is 11.1 Å². The normalized spacial score (nSPS) is 29.2. The second kappa shape index (κ2) is 5.30. The highest BCUT2D eigenvalue weighted by atomic mass is 79.9. The van der Waals surface area contributed by atoms with Crippen LogP contribution >= 0.6 is 27.7 Å². The molecule has 0 aliphatic heterocycles. The SMILES string of the molecule is C=C(Br)CNC1CCCC1SC. The lowest BCUT2D eigenvalue weighted by atomic mass is 10.2. The van der Waals surface area contributed by atoms with Crippen LogP contribution in [-0.4, -0.2) is 24.1 Å². The topological polar surface area (TPSA) is 12.0 Å². The first-order chi connectivity index (χ1) is 5.74. The Kier molecular flexibility index (Phi) is 4.69. The number of rotatable bonds is 4. The molecule has 0 spiro atoms. The van der Waals surface area contributed by atoms with E-state index in [1.54, 1.807) is 0 Å². The van der Waals surface area contributed by atoms with Gasteiger partial charge in [-0.2, -0.15) is 11.8 Å². The van der Waals surface area contributed by atoms with Crippen LogP contribution in [-0.2, 0) is 0 Å². The van der Waals surface area contributed by atoms with E-state index in [1.807, 2.05) is 11.8 Å². The van der Waals surface area contributed by atoms with Crippen molar-refractivity contribution >= 4 is 27.7 Å². The van der Waals surface area contributed by atoms with Crippen molar-refractivity contribution in [3.63, 3.8) is 0 Å². The highest BCUT2D eigenvalue weighted by Gasteiger charge is 2.25. The van der Waals surface area contributed by atoms with Crippen molar-refractivity contribution in [2.24, 2.45) is 0 Å². The Balaban J connectivity index is 2.26. The Hall–Kier alpha value is 0.530. The molecule has 0 saturated heterocycles. The average Bonchev–Trinajstić information content (AvgIpc) is 2.47. The van der Waals surface area contributed by atoms with Crippen LogP contribution in [0.25, 0.3) is 0 Å². The van der Waals surface area contributed by atoms with Crippen LogP contribution in [0.2, 0.25) is 0 Å². The minimum atomic E-state index is 0.703. The van der Waals surface area contributed by atoms with E-state index in [2.05, 4.69) is 34.1 Å². The average molecular weight is 250 g/mol. The molecule has 1 aliphatic carbocycles. The lowest BCUT2D eigenvalue weighted by Crippen LogP contribution is -2.34. The summed E-state index contributed by atoms with van der Waals surface area (Å²) in [5.41, 5.74) is 0. The van der Waals surface area contributed by atoms with Crippen LogP contribution in [0.15, 0.2) is 11.1 Å². The van der Waals surface area contributed by atoms with Crippen LogP contribution in [0.1, 0.15) is 19.3 Å². The van der Waals surface area contributed by atoms with E-state index in [0.717, 1.165) is 16.3 Å². The first kappa shape index (κ1) is 10.6. The van der Waals surface area contributed by atoms with Crippen molar-refractivity contribution < 1.29 is 0 Å². The highest BCUT2D eigenvalue weighted by molar-refractivity contribution is 9.11. The van der Waals surface area contributed by atoms with E-state index < -0.39 is 0 Å². The molecule has 0 aromatic carbocycles. The second-order valence-corrected chi connectivity index (χ2v) is 5.41. The maximum atomic E-state index is 3.81. The van der Waals surface area contributed by atoms with Gasteiger partial charge in [0.25, 0.3) is 0 Å². The molecule has 1 saturated carbocycles. The summed E-state index contributed by atoms with van der Waals surface area (Å²) in [4.78, 5) is 0. The summed E-state index contributed by atoms with van der Waals surface area (Å²) >= 11 is 5.34. The third-order valence-corrected chi connectivity index (χ3v) is 3.76. The predicted molar refractivity (Wildman–Crippen MR) is 61.0 cm³/mol. The predicted octanol–water partition coefficient (Wildman–Crippen LogP) is 2.77. The molecule has 2 unspecified atom stereocenters. The van der Waals surface area contributed by atoms with E-state index in [0.29, 0.717) is 6.04 Å². The molecule has 0 radical (unpaired) electrons. The molecule has 1 nitrogen and oxygen atoms in total. The van der Waals surface area contributed by atoms with Crippen molar-refractivity contribution in [2.45, 2.75) is 30.6 Å². The number of thioether (sulfide) groups is 1. The number of halogens is 1. The maximum absolute atomic E-state index is 3.81. The molecule has 12 heavy (non-hydrogen) atoms. The number of hydrogen-bond donors (Lipinski definition) is 1. The van der Waals surface area contributed by atoms with Gasteiger partial charge in [0.05, 0.1) is 0 Å². The summed E-state index contributed by atoms with van der Waals surface area (Å²) in [7, 11) is 0. The first-order valence-electron chi connectivity index (χ1n) is 4.33. The van der Waals surface area contributed by atoms with Gasteiger partial charge in [-0.15, -0.1) is 0 Å². The Morgan fingerprint density at radius 1 is 1.67 bits per heavy atom. The molecule has 0 heterocycles. The Labute approximate surface area is 87.5 Å². The fourth-order valence-electron chi connectivity index (χ4n) is 1.68. The lowest BCUT2D eigenvalue weighted by Gasteiger charge is -2.18. The summed E-state index contributed by atoms with van der Waals surface area (Å²) in [6.07, 6.45) is 6.27. The van der Waals surface area contributed by atoms with Crippen LogP contribution in [0.5, 0.6) is 0 Å². The molecule has 1 rings (SSSR count). The molecule has 0 aromatic heterocycles. The van der Waals surface area contributed by atoms with Gasteiger partial charge in [0.2, 0.25) is 0 Å². The molecule has 0 bridgehead atoms. The van der Waals surface area contributed by atoms with E-state index in [9.17, 15) is 0 Å². The first-order valence-corrected chi connectivity index (χ1v) is 6.41. The van der Waals surface area contributed by atoms with Crippen molar-refractivity contribution in [3.8, 4) is 0 Å². The van der Waals surface area contributed by atoms with Gasteiger partial charge in [0, 0.05) is 22.3 Å². The molecule has 70 valence electrons. The van der Waals surface area contributed by atoms with Gasteiger partial charge in [-0.05, 0) is 19.1 Å². The van der Waals surface area contributed by atoms with Crippen LogP contribution in [0, 0.1) is 0 Å². The minimum absolute atomic E-state index is 0.703. The van der Waals surface area contributed by atoms with Gasteiger partial charge in [0.15, 0.2) is 0 Å². The Bertz CT molecular complexity index is 161. The van der Waals surface area contributed by atoms with Crippen molar-refractivity contribution in [2.75, 3.05) is 12.8 Å².